The molecule has 0 aromatic carbocycles. The fourth-order valence-corrected chi connectivity index (χ4v) is 11.2. The van der Waals surface area contributed by atoms with Crippen molar-refractivity contribution in [1.82, 2.24) is 5.32 Å². The first-order valence-corrected chi connectivity index (χ1v) is 34.1. The average molecular weight is 1110 g/mol. The molecule has 1 aliphatic heterocycles. The van der Waals surface area contributed by atoms with Gasteiger partial charge in [0.25, 0.3) is 0 Å². The summed E-state index contributed by atoms with van der Waals surface area (Å²) >= 11 is 0. The highest BCUT2D eigenvalue weighted by Crippen LogP contribution is 2.26. The molecule has 0 bridgehead atoms. The van der Waals surface area contributed by atoms with Gasteiger partial charge in [-0.1, -0.05) is 295 Å². The third kappa shape index (κ3) is 45.8. The van der Waals surface area contributed by atoms with Crippen LogP contribution >= 0.6 is 0 Å². The molecule has 7 atom stereocenters. The maximum atomic E-state index is 13.2. The van der Waals surface area contributed by atoms with Crippen LogP contribution in [0.5, 0.6) is 0 Å². The van der Waals surface area contributed by atoms with E-state index in [1.54, 1.807) is 6.08 Å². The molecule has 1 rings (SSSR count). The van der Waals surface area contributed by atoms with E-state index in [0.29, 0.717) is 6.42 Å². The monoisotopic (exact) mass is 1110 g/mol. The van der Waals surface area contributed by atoms with Crippen molar-refractivity contribution in [3.63, 3.8) is 0 Å². The second-order valence-corrected chi connectivity index (χ2v) is 24.1. The summed E-state index contributed by atoms with van der Waals surface area (Å²) in [6, 6.07) is -0.944. The minimum Gasteiger partial charge on any atom is -0.394 e. The molecule has 0 spiro atoms. The van der Waals surface area contributed by atoms with Crippen LogP contribution in [0.4, 0.5) is 0 Å². The lowest BCUT2D eigenvalue weighted by Crippen LogP contribution is -2.61. The number of nitrogens with one attached hydrogen (secondary N) is 1. The number of aliphatic hydroxyl groups is 4. The Hall–Kier alpha value is -1.42. The molecule has 12 nitrogen and oxygen atoms in total. The molecule has 7 unspecified atom stereocenters. The number of unbranched alkanes of at least 4 members (excludes halogenated alkanes) is 44. The maximum Gasteiger partial charge on any atom is 0.397 e. The van der Waals surface area contributed by atoms with Gasteiger partial charge in [-0.25, -0.2) is 4.18 Å². The van der Waals surface area contributed by atoms with Crippen molar-refractivity contribution in [2.75, 3.05) is 13.2 Å². The van der Waals surface area contributed by atoms with Gasteiger partial charge in [0.05, 0.1) is 25.4 Å². The van der Waals surface area contributed by atoms with Crippen molar-refractivity contribution in [2.45, 2.75) is 365 Å². The van der Waals surface area contributed by atoms with E-state index in [1.807, 2.05) is 6.08 Å². The molecule has 77 heavy (non-hydrogen) atoms. The Balaban J connectivity index is 2.28. The summed E-state index contributed by atoms with van der Waals surface area (Å²) in [5.41, 5.74) is 0. The Morgan fingerprint density at radius 2 is 0.831 bits per heavy atom. The minimum atomic E-state index is -5.09. The van der Waals surface area contributed by atoms with E-state index in [1.165, 1.54) is 257 Å². The van der Waals surface area contributed by atoms with Gasteiger partial charge in [-0.2, -0.15) is 8.42 Å². The number of hydrogen-bond acceptors (Lipinski definition) is 10. The summed E-state index contributed by atoms with van der Waals surface area (Å²) in [5.74, 6) is -0.257. The molecule has 13 heteroatoms. The van der Waals surface area contributed by atoms with Crippen LogP contribution in [-0.4, -0.2) is 95.4 Å². The lowest BCUT2D eigenvalue weighted by molar-refractivity contribution is -0.298. The van der Waals surface area contributed by atoms with Crippen LogP contribution in [0.2, 0.25) is 0 Å². The molecule has 1 aliphatic rings. The predicted molar refractivity (Wildman–Crippen MR) is 319 cm³/mol. The van der Waals surface area contributed by atoms with Crippen molar-refractivity contribution in [3.8, 4) is 0 Å². The lowest BCUT2D eigenvalue weighted by Gasteiger charge is -2.41. The fraction of sp³-hybridized carbons (Fsp3) is 0.922. The molecule has 456 valence electrons. The average Bonchev–Trinajstić information content (AvgIpc) is 3.41. The molecule has 1 saturated heterocycles. The Bertz CT molecular complexity index is 1450. The van der Waals surface area contributed by atoms with Gasteiger partial charge in [0.1, 0.15) is 24.4 Å². The van der Waals surface area contributed by atoms with E-state index < -0.39 is 59.9 Å². The molecular weight excluding hydrogens is 991 g/mol. The fourth-order valence-electron chi connectivity index (χ4n) is 10.7. The Kier molecular flexibility index (Phi) is 51.5. The summed E-state index contributed by atoms with van der Waals surface area (Å²) in [6.45, 7) is 3.45. The molecule has 1 heterocycles. The molecule has 0 aromatic heterocycles. The van der Waals surface area contributed by atoms with Gasteiger partial charge >= 0.3 is 10.4 Å². The number of carbonyl (C=O) groups is 1. The highest BCUT2D eigenvalue weighted by molar-refractivity contribution is 7.80. The van der Waals surface area contributed by atoms with E-state index >= 15 is 0 Å². The summed E-state index contributed by atoms with van der Waals surface area (Å²) in [5, 5.41) is 45.1. The van der Waals surface area contributed by atoms with Crippen LogP contribution in [0.1, 0.15) is 322 Å². The molecule has 1 fully saturated rings. The van der Waals surface area contributed by atoms with Crippen molar-refractivity contribution < 1.29 is 51.8 Å². The first-order valence-electron chi connectivity index (χ1n) is 32.7. The molecule has 0 aliphatic carbocycles. The summed E-state index contributed by atoms with van der Waals surface area (Å²) < 4.78 is 48.0. The van der Waals surface area contributed by atoms with Crippen LogP contribution in [0.3, 0.4) is 0 Å². The SMILES string of the molecule is CCCCCCCCCCCCCC/C=C\CCCCCCCCCCCCCCCC(=O)NC(COC1OC(CO)C(O)C(OS(=O)(=O)O)C1O)C(O)/C=C/CCCCCCCCCCCCCCCCCCCCC. The van der Waals surface area contributed by atoms with Crippen molar-refractivity contribution in [2.24, 2.45) is 0 Å². The van der Waals surface area contributed by atoms with Crippen molar-refractivity contribution in [1.29, 1.82) is 0 Å². The first-order chi connectivity index (χ1) is 37.5. The van der Waals surface area contributed by atoms with Gasteiger partial charge in [0, 0.05) is 6.42 Å². The molecular formula is C64H123NO11S. The minimum absolute atomic E-state index is 0.257. The number of ether oxygens (including phenoxy) is 2. The molecule has 0 aromatic rings. The third-order valence-corrected chi connectivity index (χ3v) is 16.2. The van der Waals surface area contributed by atoms with Gasteiger partial charge in [-0.05, 0) is 44.9 Å². The second-order valence-electron chi connectivity index (χ2n) is 23.1. The lowest BCUT2D eigenvalue weighted by atomic mass is 9.99. The molecule has 0 radical (unpaired) electrons. The number of carbonyl (C=O) groups excluding carboxylic acids is 1. The Labute approximate surface area is 473 Å². The summed E-state index contributed by atoms with van der Waals surface area (Å²) in [6.07, 6.45) is 59.5. The van der Waals surface area contributed by atoms with E-state index in [9.17, 15) is 38.2 Å². The number of amides is 1. The zero-order chi connectivity index (χ0) is 56.1. The van der Waals surface area contributed by atoms with Crippen LogP contribution in [0.25, 0.3) is 0 Å². The molecule has 6 N–H and O–H groups in total. The van der Waals surface area contributed by atoms with Crippen LogP contribution in [-0.2, 0) is 28.9 Å². The van der Waals surface area contributed by atoms with Crippen LogP contribution in [0, 0.1) is 0 Å². The molecule has 0 saturated carbocycles. The van der Waals surface area contributed by atoms with Crippen molar-refractivity contribution >= 4 is 16.3 Å². The van der Waals surface area contributed by atoms with Gasteiger partial charge in [0.15, 0.2) is 6.29 Å². The van der Waals surface area contributed by atoms with Crippen molar-refractivity contribution in [3.05, 3.63) is 24.3 Å². The Morgan fingerprint density at radius 3 is 1.17 bits per heavy atom. The second kappa shape index (κ2) is 53.9. The zero-order valence-corrected chi connectivity index (χ0v) is 50.6. The zero-order valence-electron chi connectivity index (χ0n) is 49.8. The largest absolute Gasteiger partial charge is 0.397 e. The standard InChI is InChI=1S/C64H123NO11S/c1-3-5-7-9-11-13-15-17-19-21-23-25-26-27-28-29-30-31-32-34-36-38-40-42-44-46-48-50-52-54-60(68)65-57(56-74-64-62(70)63(76-77(71,72)73)61(69)59(55-66)75-64)58(67)53-51-49-47-45-43-41-39-37-35-33-24-22-20-18-16-14-12-10-8-6-4-2/h27-28,51,53,57-59,61-64,66-67,69-70H,3-26,29-50,52,54-56H2,1-2H3,(H,65,68)(H,71,72,73)/b28-27-,53-51+. The Morgan fingerprint density at radius 1 is 0.506 bits per heavy atom. The van der Waals surface area contributed by atoms with Gasteiger partial charge in [-0.3, -0.25) is 9.35 Å². The molecule has 1 amide bonds. The summed E-state index contributed by atoms with van der Waals surface area (Å²) in [4.78, 5) is 13.2. The normalized spacial score (nSPS) is 19.0. The smallest absolute Gasteiger partial charge is 0.394 e. The predicted octanol–water partition coefficient (Wildman–Crippen LogP) is 16.4. The van der Waals surface area contributed by atoms with Crippen LogP contribution < -0.4 is 5.32 Å². The van der Waals surface area contributed by atoms with Gasteiger partial charge < -0.3 is 35.2 Å². The summed E-state index contributed by atoms with van der Waals surface area (Å²) in [7, 11) is -5.09. The number of rotatable bonds is 58. The van der Waals surface area contributed by atoms with Crippen LogP contribution in [0.15, 0.2) is 24.3 Å². The number of allylic oxidation sites excluding steroid dienone is 3. The third-order valence-electron chi connectivity index (χ3n) is 15.7. The van der Waals surface area contributed by atoms with E-state index in [-0.39, 0.29) is 18.9 Å². The highest BCUT2D eigenvalue weighted by atomic mass is 32.3. The maximum absolute atomic E-state index is 13.2. The topological polar surface area (TPSA) is 192 Å². The van der Waals surface area contributed by atoms with Gasteiger partial charge in [0.2, 0.25) is 5.91 Å². The van der Waals surface area contributed by atoms with Gasteiger partial charge in [-0.15, -0.1) is 0 Å². The first kappa shape index (κ1) is 73.6. The number of aliphatic hydroxyl groups excluding tert-OH is 4. The highest BCUT2D eigenvalue weighted by Gasteiger charge is 2.48. The van der Waals surface area contributed by atoms with E-state index in [4.69, 9.17) is 9.47 Å². The quantitative estimate of drug-likeness (QED) is 0.0193. The van der Waals surface area contributed by atoms with E-state index in [0.717, 1.165) is 38.5 Å². The number of hydrogen-bond donors (Lipinski definition) is 6. The van der Waals surface area contributed by atoms with E-state index in [2.05, 4.69) is 35.5 Å².